The molecule has 24 heavy (non-hydrogen) atoms. The number of aliphatic imine (C=N–C) groups is 1. The van der Waals surface area contributed by atoms with Crippen molar-refractivity contribution in [3.63, 3.8) is 0 Å². The summed E-state index contributed by atoms with van der Waals surface area (Å²) in [5.41, 5.74) is 0. The number of carbonyl (C=O) groups is 1. The molecular weight excluding hydrogens is 302 g/mol. The summed E-state index contributed by atoms with van der Waals surface area (Å²) in [4.78, 5) is 20.7. The van der Waals surface area contributed by atoms with Gasteiger partial charge in [0.2, 0.25) is 5.91 Å². The maximum absolute atomic E-state index is 12.0. The van der Waals surface area contributed by atoms with Crippen molar-refractivity contribution in [2.24, 2.45) is 10.9 Å². The lowest BCUT2D eigenvalue weighted by molar-refractivity contribution is -0.133. The molecule has 0 radical (unpaired) electrons. The molecule has 1 aliphatic rings. The fourth-order valence-electron chi connectivity index (χ4n) is 2.78. The van der Waals surface area contributed by atoms with E-state index in [0.717, 1.165) is 45.0 Å². The van der Waals surface area contributed by atoms with E-state index in [4.69, 9.17) is 0 Å². The van der Waals surface area contributed by atoms with Gasteiger partial charge in [0, 0.05) is 44.7 Å². The van der Waals surface area contributed by atoms with Crippen molar-refractivity contribution in [2.75, 3.05) is 40.3 Å². The summed E-state index contributed by atoms with van der Waals surface area (Å²) in [6.07, 6.45) is 3.29. The van der Waals surface area contributed by atoms with Crippen LogP contribution in [0.2, 0.25) is 0 Å². The topological polar surface area (TPSA) is 60.0 Å². The number of hydrogen-bond donors (Lipinski definition) is 2. The van der Waals surface area contributed by atoms with Gasteiger partial charge in [-0.3, -0.25) is 9.79 Å². The van der Waals surface area contributed by atoms with E-state index in [2.05, 4.69) is 41.4 Å². The minimum absolute atomic E-state index is 0.0742. The standard InChI is InChI=1S/C18H37N5O/c1-14(2)17(24)23-12-9-16(13-23)21-18(19-5)20-10-7-8-11-22(6)15(3)4/h14-16H,7-13H2,1-6H3,(H2,19,20,21). The summed E-state index contributed by atoms with van der Waals surface area (Å²) in [6, 6.07) is 0.900. The van der Waals surface area contributed by atoms with Crippen molar-refractivity contribution in [1.29, 1.82) is 0 Å². The third kappa shape index (κ3) is 7.07. The van der Waals surface area contributed by atoms with E-state index in [-0.39, 0.29) is 11.8 Å². The summed E-state index contributed by atoms with van der Waals surface area (Å²) in [6.45, 7) is 12.0. The van der Waals surface area contributed by atoms with E-state index in [1.807, 2.05) is 18.7 Å². The van der Waals surface area contributed by atoms with Crippen LogP contribution in [-0.4, -0.2) is 74.0 Å². The van der Waals surface area contributed by atoms with E-state index in [0.29, 0.717) is 12.1 Å². The zero-order chi connectivity index (χ0) is 18.1. The Bertz CT molecular complexity index is 408. The van der Waals surface area contributed by atoms with Crippen LogP contribution in [0.5, 0.6) is 0 Å². The first-order valence-electron chi connectivity index (χ1n) is 9.31. The first kappa shape index (κ1) is 20.7. The summed E-state index contributed by atoms with van der Waals surface area (Å²) in [7, 11) is 3.97. The average Bonchev–Trinajstić information content (AvgIpc) is 3.00. The van der Waals surface area contributed by atoms with E-state index in [1.165, 1.54) is 6.42 Å². The van der Waals surface area contributed by atoms with E-state index >= 15 is 0 Å². The number of unbranched alkanes of at least 4 members (excludes halogenated alkanes) is 1. The quantitative estimate of drug-likeness (QED) is 0.400. The Hall–Kier alpha value is -1.30. The van der Waals surface area contributed by atoms with Crippen LogP contribution in [0.1, 0.15) is 47.0 Å². The summed E-state index contributed by atoms with van der Waals surface area (Å²) >= 11 is 0. The Labute approximate surface area is 148 Å². The maximum atomic E-state index is 12.0. The first-order chi connectivity index (χ1) is 11.3. The number of likely N-dealkylation sites (tertiary alicyclic amines) is 1. The molecule has 0 bridgehead atoms. The Morgan fingerprint density at radius 3 is 2.58 bits per heavy atom. The fraction of sp³-hybridized carbons (Fsp3) is 0.889. The van der Waals surface area contributed by atoms with Crippen LogP contribution in [0.15, 0.2) is 4.99 Å². The molecule has 6 nitrogen and oxygen atoms in total. The lowest BCUT2D eigenvalue weighted by atomic mass is 10.2. The predicted octanol–water partition coefficient (Wildman–Crippen LogP) is 1.53. The van der Waals surface area contributed by atoms with E-state index in [1.54, 1.807) is 7.05 Å². The minimum atomic E-state index is 0.0742. The molecule has 140 valence electrons. The second kappa shape index (κ2) is 10.5. The molecule has 2 N–H and O–H groups in total. The SMILES string of the molecule is CN=C(NCCCCN(C)C(C)C)NC1CCN(C(=O)C(C)C)C1. The lowest BCUT2D eigenvalue weighted by Crippen LogP contribution is -2.45. The van der Waals surface area contributed by atoms with Crippen molar-refractivity contribution in [2.45, 2.75) is 59.0 Å². The zero-order valence-corrected chi connectivity index (χ0v) is 16.4. The largest absolute Gasteiger partial charge is 0.356 e. The summed E-state index contributed by atoms with van der Waals surface area (Å²) < 4.78 is 0. The number of carbonyl (C=O) groups excluding carboxylic acids is 1. The van der Waals surface area contributed by atoms with Gasteiger partial charge < -0.3 is 20.4 Å². The van der Waals surface area contributed by atoms with Gasteiger partial charge in [0.15, 0.2) is 5.96 Å². The number of nitrogens with one attached hydrogen (secondary N) is 2. The zero-order valence-electron chi connectivity index (χ0n) is 16.4. The normalized spacial score (nSPS) is 18.8. The van der Waals surface area contributed by atoms with Gasteiger partial charge in [-0.25, -0.2) is 0 Å². The van der Waals surface area contributed by atoms with Crippen molar-refractivity contribution in [3.8, 4) is 0 Å². The third-order valence-electron chi connectivity index (χ3n) is 4.67. The number of guanidine groups is 1. The second-order valence-electron chi connectivity index (χ2n) is 7.35. The predicted molar refractivity (Wildman–Crippen MR) is 101 cm³/mol. The summed E-state index contributed by atoms with van der Waals surface area (Å²) in [5.74, 6) is 1.16. The molecule has 1 unspecified atom stereocenters. The second-order valence-corrected chi connectivity index (χ2v) is 7.35. The van der Waals surface area contributed by atoms with Gasteiger partial charge in [-0.05, 0) is 46.7 Å². The third-order valence-corrected chi connectivity index (χ3v) is 4.67. The van der Waals surface area contributed by atoms with Crippen LogP contribution >= 0.6 is 0 Å². The van der Waals surface area contributed by atoms with Gasteiger partial charge in [-0.15, -0.1) is 0 Å². The molecule has 0 spiro atoms. The van der Waals surface area contributed by atoms with Crippen LogP contribution in [0, 0.1) is 5.92 Å². The molecule has 0 saturated carbocycles. The molecule has 1 amide bonds. The van der Waals surface area contributed by atoms with E-state index < -0.39 is 0 Å². The molecule has 1 saturated heterocycles. The number of rotatable bonds is 8. The molecular formula is C18H37N5O. The molecule has 1 rings (SSSR count). The molecule has 1 fully saturated rings. The van der Waals surface area contributed by atoms with Crippen molar-refractivity contribution >= 4 is 11.9 Å². The highest BCUT2D eigenvalue weighted by Crippen LogP contribution is 2.12. The number of hydrogen-bond acceptors (Lipinski definition) is 3. The molecule has 1 aliphatic heterocycles. The van der Waals surface area contributed by atoms with Gasteiger partial charge in [0.25, 0.3) is 0 Å². The molecule has 0 aliphatic carbocycles. The van der Waals surface area contributed by atoms with Gasteiger partial charge in [0.1, 0.15) is 0 Å². The van der Waals surface area contributed by atoms with Crippen LogP contribution in [0.3, 0.4) is 0 Å². The van der Waals surface area contributed by atoms with Crippen molar-refractivity contribution < 1.29 is 4.79 Å². The van der Waals surface area contributed by atoms with Crippen molar-refractivity contribution in [3.05, 3.63) is 0 Å². The minimum Gasteiger partial charge on any atom is -0.356 e. The fourth-order valence-corrected chi connectivity index (χ4v) is 2.78. The maximum Gasteiger partial charge on any atom is 0.225 e. The Morgan fingerprint density at radius 2 is 2.00 bits per heavy atom. The van der Waals surface area contributed by atoms with Crippen LogP contribution in [0.4, 0.5) is 0 Å². The Morgan fingerprint density at radius 1 is 1.29 bits per heavy atom. The van der Waals surface area contributed by atoms with Gasteiger partial charge in [-0.2, -0.15) is 0 Å². The van der Waals surface area contributed by atoms with Gasteiger partial charge in [0.05, 0.1) is 0 Å². The van der Waals surface area contributed by atoms with Gasteiger partial charge in [-0.1, -0.05) is 13.8 Å². The van der Waals surface area contributed by atoms with Crippen LogP contribution in [0.25, 0.3) is 0 Å². The molecule has 0 aromatic carbocycles. The highest BCUT2D eigenvalue weighted by atomic mass is 16.2. The van der Waals surface area contributed by atoms with Gasteiger partial charge >= 0.3 is 0 Å². The molecule has 1 atom stereocenters. The average molecular weight is 340 g/mol. The van der Waals surface area contributed by atoms with Crippen LogP contribution in [-0.2, 0) is 4.79 Å². The number of nitrogens with zero attached hydrogens (tertiary/aromatic N) is 3. The van der Waals surface area contributed by atoms with Crippen molar-refractivity contribution in [1.82, 2.24) is 20.4 Å². The summed E-state index contributed by atoms with van der Waals surface area (Å²) in [5, 5.41) is 6.82. The first-order valence-corrected chi connectivity index (χ1v) is 9.31. The number of amides is 1. The Kier molecular flexibility index (Phi) is 9.11. The smallest absolute Gasteiger partial charge is 0.225 e. The highest BCUT2D eigenvalue weighted by molar-refractivity contribution is 5.81. The highest BCUT2D eigenvalue weighted by Gasteiger charge is 2.27. The molecule has 0 aromatic heterocycles. The van der Waals surface area contributed by atoms with E-state index in [9.17, 15) is 4.79 Å². The molecule has 1 heterocycles. The van der Waals surface area contributed by atoms with Crippen LogP contribution < -0.4 is 10.6 Å². The molecule has 6 heteroatoms. The lowest BCUT2D eigenvalue weighted by Gasteiger charge is -2.21. The monoisotopic (exact) mass is 339 g/mol. The Balaban J connectivity index is 2.23. The molecule has 0 aromatic rings.